The van der Waals surface area contributed by atoms with Gasteiger partial charge in [-0.05, 0) is 44.0 Å². The monoisotopic (exact) mass is 318 g/mol. The summed E-state index contributed by atoms with van der Waals surface area (Å²) in [6.07, 6.45) is 7.57. The standard InChI is InChI=1S/C18H18N6/c1-13-19-11-8-17(22-13)24-12-4-6-16(24)14-7-10-21-18(23-14)15-5-2-3-9-20-15/h2-3,5,7-11,16H,4,6,12H2,1H3/t16-/m1/s1. The van der Waals surface area contributed by atoms with Crippen molar-refractivity contribution in [2.24, 2.45) is 0 Å². The molecule has 3 aromatic rings. The van der Waals surface area contributed by atoms with Crippen LogP contribution in [0.1, 0.15) is 30.4 Å². The molecule has 1 aliphatic rings. The second-order valence-corrected chi connectivity index (χ2v) is 5.83. The Kier molecular flexibility index (Phi) is 3.86. The average molecular weight is 318 g/mol. The summed E-state index contributed by atoms with van der Waals surface area (Å²) in [7, 11) is 0. The number of anilines is 1. The highest BCUT2D eigenvalue weighted by atomic mass is 15.2. The molecule has 0 saturated carbocycles. The van der Waals surface area contributed by atoms with Gasteiger partial charge in [-0.3, -0.25) is 4.98 Å². The van der Waals surface area contributed by atoms with Gasteiger partial charge in [0.2, 0.25) is 0 Å². The van der Waals surface area contributed by atoms with Gasteiger partial charge in [-0.25, -0.2) is 19.9 Å². The summed E-state index contributed by atoms with van der Waals surface area (Å²) >= 11 is 0. The van der Waals surface area contributed by atoms with Crippen LogP contribution in [-0.2, 0) is 0 Å². The largest absolute Gasteiger partial charge is 0.348 e. The number of aryl methyl sites for hydroxylation is 1. The van der Waals surface area contributed by atoms with Gasteiger partial charge in [0.1, 0.15) is 17.3 Å². The van der Waals surface area contributed by atoms with Crippen molar-refractivity contribution in [3.05, 3.63) is 60.4 Å². The third-order valence-electron chi connectivity index (χ3n) is 4.22. The molecule has 4 heterocycles. The van der Waals surface area contributed by atoms with E-state index in [1.807, 2.05) is 49.6 Å². The summed E-state index contributed by atoms with van der Waals surface area (Å²) in [6.45, 7) is 2.89. The lowest BCUT2D eigenvalue weighted by Gasteiger charge is -2.25. The molecule has 0 N–H and O–H groups in total. The number of hydrogen-bond acceptors (Lipinski definition) is 6. The quantitative estimate of drug-likeness (QED) is 0.739. The van der Waals surface area contributed by atoms with Gasteiger partial charge in [-0.1, -0.05) is 6.07 Å². The average Bonchev–Trinajstić information content (AvgIpc) is 3.12. The number of rotatable bonds is 3. The molecule has 0 aromatic carbocycles. The molecule has 0 amide bonds. The minimum atomic E-state index is 0.213. The number of hydrogen-bond donors (Lipinski definition) is 0. The molecule has 0 spiro atoms. The fraction of sp³-hybridized carbons (Fsp3) is 0.278. The zero-order valence-electron chi connectivity index (χ0n) is 13.5. The van der Waals surface area contributed by atoms with Gasteiger partial charge < -0.3 is 4.90 Å². The minimum absolute atomic E-state index is 0.213. The van der Waals surface area contributed by atoms with Crippen molar-refractivity contribution in [3.63, 3.8) is 0 Å². The Labute approximate surface area is 140 Å². The summed E-state index contributed by atoms with van der Waals surface area (Å²) in [5.41, 5.74) is 1.81. The third-order valence-corrected chi connectivity index (χ3v) is 4.22. The molecule has 120 valence electrons. The van der Waals surface area contributed by atoms with E-state index in [2.05, 4.69) is 24.8 Å². The van der Waals surface area contributed by atoms with Gasteiger partial charge in [-0.15, -0.1) is 0 Å². The van der Waals surface area contributed by atoms with Crippen LogP contribution in [0.2, 0.25) is 0 Å². The molecule has 0 bridgehead atoms. The van der Waals surface area contributed by atoms with E-state index in [4.69, 9.17) is 4.98 Å². The van der Waals surface area contributed by atoms with Gasteiger partial charge in [0.15, 0.2) is 5.82 Å². The highest BCUT2D eigenvalue weighted by molar-refractivity contribution is 5.49. The minimum Gasteiger partial charge on any atom is -0.348 e. The Balaban J connectivity index is 1.68. The maximum Gasteiger partial charge on any atom is 0.178 e. The van der Waals surface area contributed by atoms with E-state index in [0.717, 1.165) is 42.4 Å². The fourth-order valence-corrected chi connectivity index (χ4v) is 3.13. The third kappa shape index (κ3) is 2.82. The summed E-state index contributed by atoms with van der Waals surface area (Å²) in [5.74, 6) is 2.41. The molecule has 24 heavy (non-hydrogen) atoms. The van der Waals surface area contributed by atoms with Crippen LogP contribution in [0.4, 0.5) is 5.82 Å². The summed E-state index contributed by atoms with van der Waals surface area (Å²) in [4.78, 5) is 24.6. The van der Waals surface area contributed by atoms with Gasteiger partial charge in [0.25, 0.3) is 0 Å². The van der Waals surface area contributed by atoms with Crippen LogP contribution < -0.4 is 4.90 Å². The molecule has 1 saturated heterocycles. The van der Waals surface area contributed by atoms with Crippen molar-refractivity contribution in [2.45, 2.75) is 25.8 Å². The Morgan fingerprint density at radius 2 is 1.88 bits per heavy atom. The Morgan fingerprint density at radius 3 is 2.71 bits per heavy atom. The van der Waals surface area contributed by atoms with Crippen LogP contribution in [0.15, 0.2) is 48.9 Å². The van der Waals surface area contributed by atoms with Crippen LogP contribution in [0, 0.1) is 6.92 Å². The lowest BCUT2D eigenvalue weighted by atomic mass is 10.1. The second kappa shape index (κ2) is 6.31. The molecule has 1 fully saturated rings. The summed E-state index contributed by atoms with van der Waals surface area (Å²) in [6, 6.07) is 9.94. The van der Waals surface area contributed by atoms with E-state index in [0.29, 0.717) is 5.82 Å². The van der Waals surface area contributed by atoms with Crippen molar-refractivity contribution in [1.82, 2.24) is 24.9 Å². The molecule has 6 nitrogen and oxygen atoms in total. The van der Waals surface area contributed by atoms with E-state index in [-0.39, 0.29) is 6.04 Å². The number of nitrogens with zero attached hydrogens (tertiary/aromatic N) is 6. The van der Waals surface area contributed by atoms with Crippen molar-refractivity contribution in [1.29, 1.82) is 0 Å². The zero-order valence-corrected chi connectivity index (χ0v) is 13.5. The lowest BCUT2D eigenvalue weighted by Crippen LogP contribution is -2.24. The maximum atomic E-state index is 4.76. The first kappa shape index (κ1) is 14.7. The van der Waals surface area contributed by atoms with Crippen LogP contribution in [0.3, 0.4) is 0 Å². The summed E-state index contributed by atoms with van der Waals surface area (Å²) in [5, 5.41) is 0. The zero-order chi connectivity index (χ0) is 16.4. The Hall–Kier alpha value is -2.89. The topological polar surface area (TPSA) is 67.7 Å². The van der Waals surface area contributed by atoms with Gasteiger partial charge in [-0.2, -0.15) is 0 Å². The molecule has 1 atom stereocenters. The van der Waals surface area contributed by atoms with Gasteiger partial charge >= 0.3 is 0 Å². The van der Waals surface area contributed by atoms with Crippen molar-refractivity contribution >= 4 is 5.82 Å². The van der Waals surface area contributed by atoms with E-state index >= 15 is 0 Å². The molecule has 1 aliphatic heterocycles. The van der Waals surface area contributed by atoms with E-state index in [9.17, 15) is 0 Å². The first-order valence-electron chi connectivity index (χ1n) is 8.12. The highest BCUT2D eigenvalue weighted by Gasteiger charge is 2.28. The van der Waals surface area contributed by atoms with E-state index in [1.165, 1.54) is 0 Å². The normalized spacial score (nSPS) is 17.2. The molecule has 3 aromatic heterocycles. The van der Waals surface area contributed by atoms with Crippen LogP contribution in [0.25, 0.3) is 11.5 Å². The predicted molar refractivity (Wildman–Crippen MR) is 91.4 cm³/mol. The second-order valence-electron chi connectivity index (χ2n) is 5.83. The molecule has 0 aliphatic carbocycles. The smallest absolute Gasteiger partial charge is 0.178 e. The molecule has 4 rings (SSSR count). The van der Waals surface area contributed by atoms with Crippen molar-refractivity contribution in [3.8, 4) is 11.5 Å². The number of aromatic nitrogens is 5. The first-order valence-corrected chi connectivity index (χ1v) is 8.12. The molecule has 0 unspecified atom stereocenters. The van der Waals surface area contributed by atoms with E-state index < -0.39 is 0 Å². The number of pyridine rings is 1. The molecule has 0 radical (unpaired) electrons. The Bertz CT molecular complexity index is 836. The summed E-state index contributed by atoms with van der Waals surface area (Å²) < 4.78 is 0. The first-order chi connectivity index (χ1) is 11.8. The van der Waals surface area contributed by atoms with Crippen molar-refractivity contribution < 1.29 is 0 Å². The Morgan fingerprint density at radius 1 is 0.958 bits per heavy atom. The van der Waals surface area contributed by atoms with Gasteiger partial charge in [0, 0.05) is 25.1 Å². The van der Waals surface area contributed by atoms with Crippen LogP contribution in [0.5, 0.6) is 0 Å². The SMILES string of the molecule is Cc1nccc(N2CCC[C@@H]2c2ccnc(-c3ccccn3)n2)n1. The fourth-order valence-electron chi connectivity index (χ4n) is 3.13. The van der Waals surface area contributed by atoms with Crippen molar-refractivity contribution in [2.75, 3.05) is 11.4 Å². The predicted octanol–water partition coefficient (Wildman–Crippen LogP) is 2.98. The lowest BCUT2D eigenvalue weighted by molar-refractivity contribution is 0.683. The van der Waals surface area contributed by atoms with Crippen LogP contribution in [-0.4, -0.2) is 31.5 Å². The molecular weight excluding hydrogens is 300 g/mol. The van der Waals surface area contributed by atoms with Crippen LogP contribution >= 0.6 is 0 Å². The van der Waals surface area contributed by atoms with Gasteiger partial charge in [0.05, 0.1) is 11.7 Å². The molecule has 6 heteroatoms. The van der Waals surface area contributed by atoms with E-state index in [1.54, 1.807) is 6.20 Å². The molecular formula is C18H18N6. The maximum absolute atomic E-state index is 4.76. The highest BCUT2D eigenvalue weighted by Crippen LogP contribution is 2.34.